The Balaban J connectivity index is 2.25. The fraction of sp³-hybridized carbons (Fsp3) is 0.667. The zero-order valence-electron chi connectivity index (χ0n) is 8.54. The van der Waals surface area contributed by atoms with E-state index in [2.05, 4.69) is 15.0 Å². The topological polar surface area (TPSA) is 101 Å². The van der Waals surface area contributed by atoms with Crippen molar-refractivity contribution in [3.05, 3.63) is 0 Å². The summed E-state index contributed by atoms with van der Waals surface area (Å²) < 4.78 is 9.35. The first-order valence-electron chi connectivity index (χ1n) is 4.71. The Kier molecular flexibility index (Phi) is 2.34. The molecule has 2 heterocycles. The molecule has 0 aromatic heterocycles. The molecule has 2 aliphatic heterocycles. The molecule has 2 aliphatic rings. The zero-order valence-corrected chi connectivity index (χ0v) is 8.54. The van der Waals surface area contributed by atoms with Gasteiger partial charge in [-0.05, 0) is 0 Å². The van der Waals surface area contributed by atoms with Crippen LogP contribution in [0.5, 0.6) is 0 Å². The highest BCUT2D eigenvalue weighted by atomic mass is 16.6. The van der Waals surface area contributed by atoms with Crippen LogP contribution < -0.4 is 0 Å². The second kappa shape index (κ2) is 3.56. The highest BCUT2D eigenvalue weighted by Crippen LogP contribution is 2.40. The lowest BCUT2D eigenvalue weighted by Gasteiger charge is -2.15. The summed E-state index contributed by atoms with van der Waals surface area (Å²) in [5.74, 6) is -1.96. The number of nitrogens with zero attached hydrogens (tertiary/aromatic N) is 3. The van der Waals surface area contributed by atoms with Crippen LogP contribution in [0.2, 0.25) is 0 Å². The van der Waals surface area contributed by atoms with Crippen molar-refractivity contribution >= 4 is 11.9 Å². The van der Waals surface area contributed by atoms with Crippen LogP contribution in [0.4, 0.5) is 0 Å². The van der Waals surface area contributed by atoms with E-state index in [9.17, 15) is 9.59 Å². The minimum absolute atomic E-state index is 0.0280. The van der Waals surface area contributed by atoms with E-state index in [-0.39, 0.29) is 13.0 Å². The van der Waals surface area contributed by atoms with Crippen LogP contribution in [0.3, 0.4) is 0 Å². The molecule has 84 valence electrons. The number of carbonyl (C=O) groups excluding carboxylic acids is 2. The summed E-state index contributed by atoms with van der Waals surface area (Å²) in [6.07, 6.45) is -0.953. The average Bonchev–Trinajstić information content (AvgIpc) is 2.84. The Labute approximate surface area is 91.0 Å². The molecule has 0 bridgehead atoms. The minimum atomic E-state index is -1.30. The van der Waals surface area contributed by atoms with E-state index in [0.29, 0.717) is 0 Å². The van der Waals surface area contributed by atoms with Crippen LogP contribution in [0.1, 0.15) is 6.42 Å². The van der Waals surface area contributed by atoms with Gasteiger partial charge in [0.15, 0.2) is 5.54 Å². The summed E-state index contributed by atoms with van der Waals surface area (Å²) in [4.78, 5) is 22.9. The maximum absolute atomic E-state index is 11.7. The van der Waals surface area contributed by atoms with Gasteiger partial charge in [0.25, 0.3) is 0 Å². The lowest BCUT2D eigenvalue weighted by atomic mass is 9.84. The molecule has 1 spiro atoms. The van der Waals surface area contributed by atoms with Gasteiger partial charge >= 0.3 is 11.9 Å². The van der Waals surface area contributed by atoms with Crippen molar-refractivity contribution in [2.75, 3.05) is 13.7 Å². The molecule has 0 aromatic carbocycles. The Morgan fingerprint density at radius 3 is 3.12 bits per heavy atom. The molecule has 0 aliphatic carbocycles. The van der Waals surface area contributed by atoms with E-state index in [1.165, 1.54) is 7.11 Å². The fourth-order valence-electron chi connectivity index (χ4n) is 1.88. The standard InChI is InChI=1S/C9H9N3O4/c1-15-7(13)6-2-9(8(14)16-6)5(3-10)4-11-12-9/h5-6H,2,4H2,1H3/t5-,6+,9-/m1/s1. The monoisotopic (exact) mass is 223 g/mol. The molecule has 0 unspecified atom stereocenters. The largest absolute Gasteiger partial charge is 0.466 e. The third-order valence-electron chi connectivity index (χ3n) is 2.81. The Bertz CT molecular complexity index is 413. The molecule has 0 aromatic rings. The van der Waals surface area contributed by atoms with Gasteiger partial charge in [-0.3, -0.25) is 0 Å². The number of cyclic esters (lactones) is 1. The first-order chi connectivity index (χ1) is 7.64. The molecule has 0 amide bonds. The zero-order chi connectivity index (χ0) is 11.8. The first-order valence-corrected chi connectivity index (χ1v) is 4.71. The molecule has 7 nitrogen and oxygen atoms in total. The number of methoxy groups -OCH3 is 1. The van der Waals surface area contributed by atoms with Crippen LogP contribution in [0.15, 0.2) is 10.2 Å². The van der Waals surface area contributed by atoms with E-state index in [4.69, 9.17) is 10.00 Å². The van der Waals surface area contributed by atoms with Crippen LogP contribution in [-0.4, -0.2) is 37.2 Å². The summed E-state index contributed by atoms with van der Waals surface area (Å²) in [5, 5.41) is 16.4. The lowest BCUT2D eigenvalue weighted by molar-refractivity contribution is -0.160. The first kappa shape index (κ1) is 10.5. The molecule has 0 saturated carbocycles. The van der Waals surface area contributed by atoms with E-state index >= 15 is 0 Å². The van der Waals surface area contributed by atoms with Gasteiger partial charge in [-0.1, -0.05) is 0 Å². The van der Waals surface area contributed by atoms with Crippen molar-refractivity contribution in [1.29, 1.82) is 5.26 Å². The predicted molar refractivity (Wildman–Crippen MR) is 48.1 cm³/mol. The van der Waals surface area contributed by atoms with Crippen molar-refractivity contribution in [2.45, 2.75) is 18.1 Å². The lowest BCUT2D eigenvalue weighted by Crippen LogP contribution is -2.38. The van der Waals surface area contributed by atoms with Crippen LogP contribution in [0, 0.1) is 17.2 Å². The molecule has 7 heteroatoms. The summed E-state index contributed by atoms with van der Waals surface area (Å²) in [6.45, 7) is 0.166. The van der Waals surface area contributed by atoms with Crippen molar-refractivity contribution in [1.82, 2.24) is 0 Å². The summed E-state index contributed by atoms with van der Waals surface area (Å²) in [7, 11) is 1.21. The van der Waals surface area contributed by atoms with Crippen molar-refractivity contribution in [3.63, 3.8) is 0 Å². The van der Waals surface area contributed by atoms with Gasteiger partial charge in [-0.15, -0.1) is 0 Å². The maximum atomic E-state index is 11.7. The molecule has 0 radical (unpaired) electrons. The SMILES string of the molecule is COC(=O)[C@@H]1C[C@]2(N=NC[C@H]2C#N)C(=O)O1. The normalized spacial score (nSPS) is 36.1. The average molecular weight is 223 g/mol. The van der Waals surface area contributed by atoms with E-state index in [1.807, 2.05) is 6.07 Å². The van der Waals surface area contributed by atoms with Gasteiger partial charge in [0.1, 0.15) is 5.92 Å². The Morgan fingerprint density at radius 2 is 2.50 bits per heavy atom. The number of esters is 2. The van der Waals surface area contributed by atoms with Crippen LogP contribution in [-0.2, 0) is 19.1 Å². The van der Waals surface area contributed by atoms with Gasteiger partial charge < -0.3 is 9.47 Å². The quantitative estimate of drug-likeness (QED) is 0.574. The molecule has 0 N–H and O–H groups in total. The molecule has 2 rings (SSSR count). The number of rotatable bonds is 1. The van der Waals surface area contributed by atoms with Gasteiger partial charge in [0.2, 0.25) is 6.10 Å². The van der Waals surface area contributed by atoms with Crippen molar-refractivity contribution in [3.8, 4) is 6.07 Å². The van der Waals surface area contributed by atoms with Gasteiger partial charge in [-0.2, -0.15) is 15.5 Å². The number of hydrogen-bond acceptors (Lipinski definition) is 7. The van der Waals surface area contributed by atoms with Crippen molar-refractivity contribution < 1.29 is 19.1 Å². The van der Waals surface area contributed by atoms with Crippen LogP contribution in [0.25, 0.3) is 0 Å². The summed E-state index contributed by atoms with van der Waals surface area (Å²) in [5.41, 5.74) is -1.30. The Hall–Kier alpha value is -1.97. The second-order valence-electron chi connectivity index (χ2n) is 3.65. The van der Waals surface area contributed by atoms with Crippen LogP contribution >= 0.6 is 0 Å². The highest BCUT2D eigenvalue weighted by molar-refractivity contribution is 5.90. The summed E-state index contributed by atoms with van der Waals surface area (Å²) >= 11 is 0. The number of azo groups is 1. The minimum Gasteiger partial charge on any atom is -0.466 e. The molecular weight excluding hydrogens is 214 g/mol. The number of ether oxygens (including phenoxy) is 2. The van der Waals surface area contributed by atoms with E-state index in [0.717, 1.165) is 0 Å². The number of nitriles is 1. The highest BCUT2D eigenvalue weighted by Gasteiger charge is 2.59. The molecule has 1 fully saturated rings. The number of hydrogen-bond donors (Lipinski definition) is 0. The molecular formula is C9H9N3O4. The molecule has 1 saturated heterocycles. The maximum Gasteiger partial charge on any atom is 0.347 e. The third-order valence-corrected chi connectivity index (χ3v) is 2.81. The van der Waals surface area contributed by atoms with Gasteiger partial charge in [-0.25, -0.2) is 9.59 Å². The molecule has 3 atom stereocenters. The number of carbonyl (C=O) groups is 2. The van der Waals surface area contributed by atoms with Crippen molar-refractivity contribution in [2.24, 2.45) is 16.1 Å². The fourth-order valence-corrected chi connectivity index (χ4v) is 1.88. The molecule has 16 heavy (non-hydrogen) atoms. The van der Waals surface area contributed by atoms with E-state index in [1.54, 1.807) is 0 Å². The van der Waals surface area contributed by atoms with Gasteiger partial charge in [0, 0.05) is 6.42 Å². The van der Waals surface area contributed by atoms with E-state index < -0.39 is 29.5 Å². The second-order valence-corrected chi connectivity index (χ2v) is 3.65. The smallest absolute Gasteiger partial charge is 0.347 e. The predicted octanol–water partition coefficient (Wildman–Crippen LogP) is -0.181. The third kappa shape index (κ3) is 1.26. The Morgan fingerprint density at radius 1 is 1.75 bits per heavy atom. The summed E-state index contributed by atoms with van der Waals surface area (Å²) in [6, 6.07) is 1.96. The van der Waals surface area contributed by atoms with Gasteiger partial charge in [0.05, 0.1) is 19.7 Å².